The number of para-hydroxylation sites is 2. The van der Waals surface area contributed by atoms with E-state index < -0.39 is 0 Å². The summed E-state index contributed by atoms with van der Waals surface area (Å²) >= 11 is 1.57. The average Bonchev–Trinajstić information content (AvgIpc) is 3.64. The van der Waals surface area contributed by atoms with Crippen molar-refractivity contribution < 1.29 is 4.79 Å². The standard InChI is InChI=1S/C25H21N3O2S/c29-23(26-19-6-2-1-3-7-19)18-12-10-17(11-13-18)16-31-25-27-22-9-5-4-8-21(22)24(30)28(25)20-14-15-20/h1-13,20H,14-16H2,(H,26,29). The molecule has 1 aliphatic carbocycles. The highest BCUT2D eigenvalue weighted by Crippen LogP contribution is 2.37. The highest BCUT2D eigenvalue weighted by atomic mass is 32.2. The van der Waals surface area contributed by atoms with Crippen molar-refractivity contribution >= 4 is 34.3 Å². The molecule has 0 radical (unpaired) electrons. The van der Waals surface area contributed by atoms with Gasteiger partial charge >= 0.3 is 0 Å². The van der Waals surface area contributed by atoms with E-state index in [0.29, 0.717) is 16.7 Å². The number of thioether (sulfide) groups is 1. The summed E-state index contributed by atoms with van der Waals surface area (Å²) in [5, 5.41) is 4.33. The lowest BCUT2D eigenvalue weighted by atomic mass is 10.1. The largest absolute Gasteiger partial charge is 0.322 e. The summed E-state index contributed by atoms with van der Waals surface area (Å²) in [6.07, 6.45) is 2.05. The van der Waals surface area contributed by atoms with E-state index in [1.54, 1.807) is 11.8 Å². The van der Waals surface area contributed by atoms with Gasteiger partial charge in [0.15, 0.2) is 5.16 Å². The SMILES string of the molecule is O=C(Nc1ccccc1)c1ccc(CSc2nc3ccccc3c(=O)n2C2CC2)cc1. The molecule has 1 aromatic heterocycles. The first-order chi connectivity index (χ1) is 15.2. The fourth-order valence-electron chi connectivity index (χ4n) is 3.51. The average molecular weight is 428 g/mol. The number of nitrogens with one attached hydrogen (secondary N) is 1. The van der Waals surface area contributed by atoms with Crippen LogP contribution in [0.25, 0.3) is 10.9 Å². The van der Waals surface area contributed by atoms with E-state index >= 15 is 0 Å². The smallest absolute Gasteiger partial charge is 0.262 e. The molecule has 0 spiro atoms. The number of carbonyl (C=O) groups excluding carboxylic acids is 1. The van der Waals surface area contributed by atoms with Crippen LogP contribution in [0.5, 0.6) is 0 Å². The molecule has 1 amide bonds. The first-order valence-corrected chi connectivity index (χ1v) is 11.3. The van der Waals surface area contributed by atoms with Crippen LogP contribution in [0.15, 0.2) is 88.8 Å². The molecule has 5 nitrogen and oxygen atoms in total. The number of rotatable bonds is 6. The Morgan fingerprint density at radius 1 is 0.968 bits per heavy atom. The lowest BCUT2D eigenvalue weighted by Crippen LogP contribution is -2.22. The summed E-state index contributed by atoms with van der Waals surface area (Å²) in [4.78, 5) is 30.2. The molecule has 6 heteroatoms. The number of hydrogen-bond donors (Lipinski definition) is 1. The number of benzene rings is 3. The molecule has 0 bridgehead atoms. The molecule has 1 aliphatic rings. The van der Waals surface area contributed by atoms with E-state index in [9.17, 15) is 9.59 Å². The zero-order valence-corrected chi connectivity index (χ0v) is 17.6. The molecule has 5 rings (SSSR count). The summed E-state index contributed by atoms with van der Waals surface area (Å²) in [6, 6.07) is 24.7. The van der Waals surface area contributed by atoms with Crippen LogP contribution in [-0.2, 0) is 5.75 Å². The molecule has 0 saturated heterocycles. The minimum Gasteiger partial charge on any atom is -0.322 e. The van der Waals surface area contributed by atoms with E-state index in [1.165, 1.54) is 0 Å². The van der Waals surface area contributed by atoms with Crippen molar-refractivity contribution in [2.45, 2.75) is 29.8 Å². The molecular formula is C25H21N3O2S. The number of amides is 1. The van der Waals surface area contributed by atoms with E-state index in [-0.39, 0.29) is 17.5 Å². The summed E-state index contributed by atoms with van der Waals surface area (Å²) in [6.45, 7) is 0. The van der Waals surface area contributed by atoms with E-state index in [4.69, 9.17) is 4.98 Å². The minimum absolute atomic E-state index is 0.0449. The van der Waals surface area contributed by atoms with Gasteiger partial charge < -0.3 is 5.32 Å². The molecule has 0 aliphatic heterocycles. The third-order valence-electron chi connectivity index (χ3n) is 5.30. The highest BCUT2D eigenvalue weighted by Gasteiger charge is 2.28. The predicted molar refractivity (Wildman–Crippen MR) is 125 cm³/mol. The fraction of sp³-hybridized carbons (Fsp3) is 0.160. The molecule has 1 N–H and O–H groups in total. The number of hydrogen-bond acceptors (Lipinski definition) is 4. The normalized spacial score (nSPS) is 13.3. The molecule has 1 saturated carbocycles. The molecular weight excluding hydrogens is 406 g/mol. The van der Waals surface area contributed by atoms with Crippen LogP contribution in [0, 0.1) is 0 Å². The van der Waals surface area contributed by atoms with E-state index in [2.05, 4.69) is 5.32 Å². The van der Waals surface area contributed by atoms with E-state index in [1.807, 2.05) is 83.4 Å². The van der Waals surface area contributed by atoms with Gasteiger partial charge in [-0.15, -0.1) is 0 Å². The van der Waals surface area contributed by atoms with E-state index in [0.717, 1.165) is 34.8 Å². The molecule has 0 atom stereocenters. The number of carbonyl (C=O) groups is 1. The van der Waals surface area contributed by atoms with Crippen LogP contribution in [0.3, 0.4) is 0 Å². The Morgan fingerprint density at radius 2 is 1.68 bits per heavy atom. The minimum atomic E-state index is -0.135. The summed E-state index contributed by atoms with van der Waals surface area (Å²) in [5.41, 5.74) is 3.23. The van der Waals surface area contributed by atoms with Crippen molar-refractivity contribution in [3.05, 3.63) is 100 Å². The quantitative estimate of drug-likeness (QED) is 0.336. The maximum atomic E-state index is 13.0. The van der Waals surface area contributed by atoms with Gasteiger partial charge in [-0.3, -0.25) is 14.2 Å². The second-order valence-electron chi connectivity index (χ2n) is 7.62. The molecule has 0 unspecified atom stereocenters. The van der Waals surface area contributed by atoms with Crippen LogP contribution < -0.4 is 10.9 Å². The Kier molecular flexibility index (Phi) is 5.30. The van der Waals surface area contributed by atoms with Crippen molar-refractivity contribution in [3.8, 4) is 0 Å². The molecule has 3 aromatic carbocycles. The van der Waals surface area contributed by atoms with Crippen LogP contribution in [0.4, 0.5) is 5.69 Å². The second-order valence-corrected chi connectivity index (χ2v) is 8.57. The van der Waals surface area contributed by atoms with Crippen LogP contribution in [0.1, 0.15) is 34.8 Å². The van der Waals surface area contributed by atoms with Gasteiger partial charge in [0.1, 0.15) is 0 Å². The summed E-state index contributed by atoms with van der Waals surface area (Å²) in [5.74, 6) is 0.544. The summed E-state index contributed by atoms with van der Waals surface area (Å²) in [7, 11) is 0. The Balaban J connectivity index is 1.32. The molecule has 1 heterocycles. The lowest BCUT2D eigenvalue weighted by molar-refractivity contribution is 0.102. The van der Waals surface area contributed by atoms with Gasteiger partial charge in [-0.05, 0) is 54.8 Å². The monoisotopic (exact) mass is 427 g/mol. The Bertz CT molecular complexity index is 1300. The van der Waals surface area contributed by atoms with Gasteiger partial charge in [0.25, 0.3) is 11.5 Å². The molecule has 31 heavy (non-hydrogen) atoms. The van der Waals surface area contributed by atoms with Gasteiger partial charge in [-0.25, -0.2) is 4.98 Å². The number of anilines is 1. The summed E-state index contributed by atoms with van der Waals surface area (Å²) < 4.78 is 1.86. The highest BCUT2D eigenvalue weighted by molar-refractivity contribution is 7.98. The van der Waals surface area contributed by atoms with Gasteiger partial charge in [0, 0.05) is 23.0 Å². The Morgan fingerprint density at radius 3 is 2.42 bits per heavy atom. The van der Waals surface area contributed by atoms with Gasteiger partial charge in [-0.1, -0.05) is 54.2 Å². The fourth-order valence-corrected chi connectivity index (χ4v) is 4.53. The molecule has 1 fully saturated rings. The van der Waals surface area contributed by atoms with Gasteiger partial charge in [0.05, 0.1) is 10.9 Å². The van der Waals surface area contributed by atoms with Crippen LogP contribution in [-0.4, -0.2) is 15.5 Å². The van der Waals surface area contributed by atoms with Crippen molar-refractivity contribution in [3.63, 3.8) is 0 Å². The number of nitrogens with zero attached hydrogens (tertiary/aromatic N) is 2. The second kappa shape index (κ2) is 8.40. The zero-order valence-electron chi connectivity index (χ0n) is 16.8. The van der Waals surface area contributed by atoms with Crippen molar-refractivity contribution in [2.24, 2.45) is 0 Å². The third kappa shape index (κ3) is 4.25. The van der Waals surface area contributed by atoms with Gasteiger partial charge in [0.2, 0.25) is 0 Å². The number of aromatic nitrogens is 2. The first kappa shape index (κ1) is 19.6. The zero-order chi connectivity index (χ0) is 21.2. The van der Waals surface area contributed by atoms with Crippen LogP contribution >= 0.6 is 11.8 Å². The van der Waals surface area contributed by atoms with Gasteiger partial charge in [-0.2, -0.15) is 0 Å². The lowest BCUT2D eigenvalue weighted by Gasteiger charge is -2.12. The van der Waals surface area contributed by atoms with Crippen LogP contribution in [0.2, 0.25) is 0 Å². The topological polar surface area (TPSA) is 64.0 Å². The maximum absolute atomic E-state index is 13.0. The Hall–Kier alpha value is -3.38. The Labute approximate surface area is 184 Å². The van der Waals surface area contributed by atoms with Crippen molar-refractivity contribution in [1.82, 2.24) is 9.55 Å². The molecule has 154 valence electrons. The predicted octanol–water partition coefficient (Wildman–Crippen LogP) is 5.28. The molecule has 4 aromatic rings. The maximum Gasteiger partial charge on any atom is 0.262 e. The first-order valence-electron chi connectivity index (χ1n) is 10.3. The van der Waals surface area contributed by atoms with Crippen molar-refractivity contribution in [1.29, 1.82) is 0 Å². The van der Waals surface area contributed by atoms with Crippen molar-refractivity contribution in [2.75, 3.05) is 5.32 Å². The number of fused-ring (bicyclic) bond motifs is 1. The third-order valence-corrected chi connectivity index (χ3v) is 6.33.